The van der Waals surface area contributed by atoms with Gasteiger partial charge in [0, 0.05) is 13.1 Å². The highest BCUT2D eigenvalue weighted by Gasteiger charge is 2.33. The van der Waals surface area contributed by atoms with Gasteiger partial charge in [0.15, 0.2) is 0 Å². The first-order chi connectivity index (χ1) is 18.1. The Morgan fingerprint density at radius 1 is 0.842 bits per heavy atom. The predicted molar refractivity (Wildman–Crippen MR) is 151 cm³/mol. The van der Waals surface area contributed by atoms with Gasteiger partial charge in [-0.25, -0.2) is 8.42 Å². The molecule has 38 heavy (non-hydrogen) atoms. The third-order valence-electron chi connectivity index (χ3n) is 6.38. The molecule has 3 aromatic carbocycles. The molecule has 0 unspecified atom stereocenters. The highest BCUT2D eigenvalue weighted by molar-refractivity contribution is 7.92. The van der Waals surface area contributed by atoms with Crippen LogP contribution in [0.5, 0.6) is 0 Å². The van der Waals surface area contributed by atoms with Crippen LogP contribution in [0, 0.1) is 20.8 Å². The van der Waals surface area contributed by atoms with Crippen LogP contribution in [0.2, 0.25) is 0 Å². The number of anilines is 1. The number of hydrogen-bond acceptors (Lipinski definition) is 4. The van der Waals surface area contributed by atoms with Crippen LogP contribution in [0.1, 0.15) is 42.5 Å². The lowest BCUT2D eigenvalue weighted by Crippen LogP contribution is -2.52. The van der Waals surface area contributed by atoms with Crippen molar-refractivity contribution in [3.05, 3.63) is 95.1 Å². The van der Waals surface area contributed by atoms with Crippen molar-refractivity contribution in [2.75, 3.05) is 17.4 Å². The lowest BCUT2D eigenvalue weighted by Gasteiger charge is -2.33. The number of rotatable bonds is 11. The van der Waals surface area contributed by atoms with Crippen LogP contribution in [-0.2, 0) is 26.2 Å². The van der Waals surface area contributed by atoms with Crippen LogP contribution in [-0.4, -0.2) is 44.3 Å². The van der Waals surface area contributed by atoms with Gasteiger partial charge in [-0.15, -0.1) is 0 Å². The number of nitrogens with zero attached hydrogens (tertiary/aromatic N) is 2. The Kier molecular flexibility index (Phi) is 9.69. The summed E-state index contributed by atoms with van der Waals surface area (Å²) in [5.41, 5.74) is 4.18. The highest BCUT2D eigenvalue weighted by atomic mass is 32.2. The van der Waals surface area contributed by atoms with Crippen LogP contribution in [0.15, 0.2) is 77.7 Å². The molecule has 1 atom stereocenters. The molecule has 0 aliphatic heterocycles. The standard InChI is InChI=1S/C30H37N3O4S/c1-6-28(30(35)31-7-2)32(20-25-10-8-9-24(5)19-25)29(34)21-33(26-15-11-22(3)12-16-26)38(36,37)27-17-13-23(4)14-18-27/h8-19,28H,6-7,20-21H2,1-5H3,(H,31,35)/t28-/m1/s1. The molecule has 0 radical (unpaired) electrons. The molecule has 1 N–H and O–H groups in total. The van der Waals surface area contributed by atoms with Gasteiger partial charge < -0.3 is 10.2 Å². The SMILES string of the molecule is CCNC(=O)[C@@H](CC)N(Cc1cccc(C)c1)C(=O)CN(c1ccc(C)cc1)S(=O)(=O)c1ccc(C)cc1. The molecule has 0 bridgehead atoms. The van der Waals surface area contributed by atoms with Crippen LogP contribution in [0.25, 0.3) is 0 Å². The molecular formula is C30H37N3O4S. The Morgan fingerprint density at radius 3 is 2.00 bits per heavy atom. The summed E-state index contributed by atoms with van der Waals surface area (Å²) in [6, 6.07) is 20.6. The van der Waals surface area contributed by atoms with E-state index >= 15 is 0 Å². The number of benzene rings is 3. The number of amides is 2. The third kappa shape index (κ3) is 7.01. The third-order valence-corrected chi connectivity index (χ3v) is 8.17. The maximum Gasteiger partial charge on any atom is 0.264 e. The van der Waals surface area contributed by atoms with Crippen LogP contribution in [0.3, 0.4) is 0 Å². The molecule has 0 spiro atoms. The van der Waals surface area contributed by atoms with Crippen molar-refractivity contribution in [1.82, 2.24) is 10.2 Å². The minimum atomic E-state index is -4.07. The van der Waals surface area contributed by atoms with E-state index in [0.717, 1.165) is 26.6 Å². The summed E-state index contributed by atoms with van der Waals surface area (Å²) >= 11 is 0. The first-order valence-electron chi connectivity index (χ1n) is 12.9. The number of aryl methyl sites for hydroxylation is 3. The van der Waals surface area contributed by atoms with Crippen molar-refractivity contribution in [2.24, 2.45) is 0 Å². The van der Waals surface area contributed by atoms with Gasteiger partial charge in [-0.2, -0.15) is 0 Å². The Hall–Kier alpha value is -3.65. The van der Waals surface area contributed by atoms with Gasteiger partial charge in [0.25, 0.3) is 10.0 Å². The second kappa shape index (κ2) is 12.7. The monoisotopic (exact) mass is 535 g/mol. The Labute approximate surface area is 226 Å². The molecule has 0 aromatic heterocycles. The summed E-state index contributed by atoms with van der Waals surface area (Å²) in [7, 11) is -4.07. The summed E-state index contributed by atoms with van der Waals surface area (Å²) < 4.78 is 28.8. The van der Waals surface area contributed by atoms with Crippen molar-refractivity contribution in [2.45, 2.75) is 58.5 Å². The van der Waals surface area contributed by atoms with E-state index < -0.39 is 28.5 Å². The lowest BCUT2D eigenvalue weighted by atomic mass is 10.1. The maximum atomic E-state index is 14.0. The molecule has 7 nitrogen and oxygen atoms in total. The van der Waals surface area contributed by atoms with E-state index in [9.17, 15) is 18.0 Å². The fourth-order valence-electron chi connectivity index (χ4n) is 4.30. The highest BCUT2D eigenvalue weighted by Crippen LogP contribution is 2.25. The molecule has 0 saturated carbocycles. The summed E-state index contributed by atoms with van der Waals surface area (Å²) in [6.45, 7) is 9.59. The number of sulfonamides is 1. The van der Waals surface area contributed by atoms with Crippen molar-refractivity contribution >= 4 is 27.5 Å². The average molecular weight is 536 g/mol. The van der Waals surface area contributed by atoms with E-state index in [1.165, 1.54) is 4.90 Å². The van der Waals surface area contributed by atoms with Gasteiger partial charge >= 0.3 is 0 Å². The minimum Gasteiger partial charge on any atom is -0.355 e. The smallest absolute Gasteiger partial charge is 0.264 e. The van der Waals surface area contributed by atoms with E-state index in [4.69, 9.17) is 0 Å². The van der Waals surface area contributed by atoms with Crippen molar-refractivity contribution in [1.29, 1.82) is 0 Å². The van der Waals surface area contributed by atoms with Gasteiger partial charge in [0.05, 0.1) is 10.6 Å². The zero-order valence-electron chi connectivity index (χ0n) is 22.8. The van der Waals surface area contributed by atoms with E-state index in [-0.39, 0.29) is 17.3 Å². The summed E-state index contributed by atoms with van der Waals surface area (Å²) in [5, 5.41) is 2.82. The zero-order valence-corrected chi connectivity index (χ0v) is 23.6. The van der Waals surface area contributed by atoms with Gasteiger partial charge in [0.1, 0.15) is 12.6 Å². The van der Waals surface area contributed by atoms with E-state index in [1.807, 2.05) is 71.0 Å². The molecule has 8 heteroatoms. The van der Waals surface area contributed by atoms with Crippen molar-refractivity contribution < 1.29 is 18.0 Å². The Bertz CT molecular complexity index is 1350. The molecule has 2 amide bonds. The first kappa shape index (κ1) is 28.9. The molecule has 3 aromatic rings. The van der Waals surface area contributed by atoms with Crippen molar-refractivity contribution in [3.63, 3.8) is 0 Å². The normalized spacial score (nSPS) is 12.0. The average Bonchev–Trinajstić information content (AvgIpc) is 2.88. The summed E-state index contributed by atoms with van der Waals surface area (Å²) in [6.07, 6.45) is 0.388. The lowest BCUT2D eigenvalue weighted by molar-refractivity contribution is -0.140. The number of likely N-dealkylation sites (N-methyl/N-ethyl adjacent to an activating group) is 1. The second-order valence-corrected chi connectivity index (χ2v) is 11.4. The summed E-state index contributed by atoms with van der Waals surface area (Å²) in [4.78, 5) is 28.5. The molecule has 0 aliphatic rings. The first-order valence-corrected chi connectivity index (χ1v) is 14.3. The topological polar surface area (TPSA) is 86.8 Å². The number of carbonyl (C=O) groups is 2. The van der Waals surface area contributed by atoms with E-state index in [0.29, 0.717) is 18.7 Å². The van der Waals surface area contributed by atoms with E-state index in [2.05, 4.69) is 5.32 Å². The fourth-order valence-corrected chi connectivity index (χ4v) is 5.71. The zero-order chi connectivity index (χ0) is 27.9. The minimum absolute atomic E-state index is 0.0949. The predicted octanol–water partition coefficient (Wildman–Crippen LogP) is 4.75. The van der Waals surface area contributed by atoms with Gasteiger partial charge in [0.2, 0.25) is 11.8 Å². The molecule has 0 fully saturated rings. The second-order valence-electron chi connectivity index (χ2n) is 9.49. The van der Waals surface area contributed by atoms with Gasteiger partial charge in [-0.1, -0.05) is 72.1 Å². The number of carbonyl (C=O) groups excluding carboxylic acids is 2. The fraction of sp³-hybridized carbons (Fsp3) is 0.333. The van der Waals surface area contributed by atoms with Crippen LogP contribution < -0.4 is 9.62 Å². The number of hydrogen-bond donors (Lipinski definition) is 1. The van der Waals surface area contributed by atoms with Crippen LogP contribution >= 0.6 is 0 Å². The van der Waals surface area contributed by atoms with Crippen LogP contribution in [0.4, 0.5) is 5.69 Å². The van der Waals surface area contributed by atoms with E-state index in [1.54, 1.807) is 36.4 Å². The molecular weight excluding hydrogens is 498 g/mol. The maximum absolute atomic E-state index is 14.0. The summed E-state index contributed by atoms with van der Waals surface area (Å²) in [5.74, 6) is -0.722. The number of nitrogens with one attached hydrogen (secondary N) is 1. The molecule has 202 valence electrons. The Morgan fingerprint density at radius 2 is 1.45 bits per heavy atom. The van der Waals surface area contributed by atoms with Gasteiger partial charge in [-0.05, 0) is 63.9 Å². The Balaban J connectivity index is 2.05. The molecule has 0 saturated heterocycles. The molecule has 0 heterocycles. The largest absolute Gasteiger partial charge is 0.355 e. The van der Waals surface area contributed by atoms with Gasteiger partial charge in [-0.3, -0.25) is 13.9 Å². The van der Waals surface area contributed by atoms with Crippen molar-refractivity contribution in [3.8, 4) is 0 Å². The quantitative estimate of drug-likeness (QED) is 0.384. The molecule has 0 aliphatic carbocycles. The molecule has 3 rings (SSSR count).